The lowest BCUT2D eigenvalue weighted by atomic mass is 10.0. The Kier molecular flexibility index (Phi) is 3.84. The minimum absolute atomic E-state index is 0.0335. The lowest BCUT2D eigenvalue weighted by Gasteiger charge is -2.12. The van der Waals surface area contributed by atoms with Gasteiger partial charge in [-0.1, -0.05) is 6.07 Å². The predicted octanol–water partition coefficient (Wildman–Crippen LogP) is 1.92. The van der Waals surface area contributed by atoms with Crippen molar-refractivity contribution in [3.05, 3.63) is 30.0 Å². The Morgan fingerprint density at radius 1 is 1.40 bits per heavy atom. The number of hydrogen-bond acceptors (Lipinski definition) is 4. The van der Waals surface area contributed by atoms with Gasteiger partial charge in [0.25, 0.3) is 0 Å². The number of hydrogen-bond donors (Lipinski definition) is 3. The summed E-state index contributed by atoms with van der Waals surface area (Å²) in [5, 5.41) is 22.1. The Morgan fingerprint density at radius 3 is 2.80 bits per heavy atom. The summed E-state index contributed by atoms with van der Waals surface area (Å²) in [5.41, 5.74) is 1.31. The minimum Gasteiger partial charge on any atom is -0.504 e. The molecule has 2 aromatic rings. The van der Waals surface area contributed by atoms with Crippen LogP contribution in [0, 0.1) is 0 Å². The number of rotatable bonds is 4. The lowest BCUT2D eigenvalue weighted by molar-refractivity contribution is -0.137. The number of carboxylic acids is 1. The highest BCUT2D eigenvalue weighted by Gasteiger charge is 2.13. The van der Waals surface area contributed by atoms with E-state index in [1.165, 1.54) is 13.1 Å². The zero-order valence-electron chi connectivity index (χ0n) is 10.9. The number of anilines is 1. The number of pyridine rings is 1. The van der Waals surface area contributed by atoms with Gasteiger partial charge in [-0.2, -0.15) is 0 Å². The van der Waals surface area contributed by atoms with Crippen molar-refractivity contribution >= 4 is 28.5 Å². The first-order valence-electron chi connectivity index (χ1n) is 6.08. The van der Waals surface area contributed by atoms with Crippen LogP contribution < -0.4 is 5.32 Å². The first-order chi connectivity index (χ1) is 9.49. The highest BCUT2D eigenvalue weighted by molar-refractivity contribution is 5.98. The summed E-state index contributed by atoms with van der Waals surface area (Å²) in [6.45, 7) is 1.33. The van der Waals surface area contributed by atoms with Crippen LogP contribution in [0.5, 0.6) is 5.75 Å². The second-order valence-corrected chi connectivity index (χ2v) is 4.41. The number of phenolic OH excluding ortho intramolecular Hbond substituents is 1. The molecule has 0 spiro atoms. The smallest absolute Gasteiger partial charge is 0.303 e. The lowest BCUT2D eigenvalue weighted by Crippen LogP contribution is -2.07. The van der Waals surface area contributed by atoms with Gasteiger partial charge in [-0.15, -0.1) is 0 Å². The summed E-state index contributed by atoms with van der Waals surface area (Å²) < 4.78 is 0. The van der Waals surface area contributed by atoms with Crippen LogP contribution in [0.15, 0.2) is 24.4 Å². The Balaban J connectivity index is 2.56. The van der Waals surface area contributed by atoms with Crippen LogP contribution in [-0.2, 0) is 16.0 Å². The number of amides is 1. The number of aryl methyl sites for hydroxylation is 1. The number of carboxylic acid groups (broad SMARTS) is 1. The summed E-state index contributed by atoms with van der Waals surface area (Å²) in [7, 11) is 0. The van der Waals surface area contributed by atoms with Crippen molar-refractivity contribution in [2.24, 2.45) is 0 Å². The second kappa shape index (κ2) is 5.56. The Hall–Kier alpha value is -2.63. The zero-order valence-corrected chi connectivity index (χ0v) is 10.9. The molecule has 0 aliphatic rings. The van der Waals surface area contributed by atoms with E-state index in [-0.39, 0.29) is 23.8 Å². The molecule has 6 heteroatoms. The van der Waals surface area contributed by atoms with E-state index < -0.39 is 5.97 Å². The quantitative estimate of drug-likeness (QED) is 0.739. The molecule has 0 bridgehead atoms. The minimum atomic E-state index is -0.906. The van der Waals surface area contributed by atoms with E-state index in [0.29, 0.717) is 17.3 Å². The summed E-state index contributed by atoms with van der Waals surface area (Å²) >= 11 is 0. The average molecular weight is 274 g/mol. The number of nitrogens with one attached hydrogen (secondary N) is 1. The van der Waals surface area contributed by atoms with E-state index in [4.69, 9.17) is 5.11 Å². The topological polar surface area (TPSA) is 99.5 Å². The molecule has 2 rings (SSSR count). The van der Waals surface area contributed by atoms with Crippen molar-refractivity contribution in [1.82, 2.24) is 4.98 Å². The van der Waals surface area contributed by atoms with E-state index in [1.54, 1.807) is 18.2 Å². The van der Waals surface area contributed by atoms with Gasteiger partial charge in [0.1, 0.15) is 5.52 Å². The van der Waals surface area contributed by atoms with Crippen LogP contribution in [-0.4, -0.2) is 27.1 Å². The van der Waals surface area contributed by atoms with Gasteiger partial charge in [-0.05, 0) is 24.1 Å². The maximum Gasteiger partial charge on any atom is 0.303 e. The third kappa shape index (κ3) is 2.85. The normalized spacial score (nSPS) is 10.4. The first kappa shape index (κ1) is 13.8. The van der Waals surface area contributed by atoms with Gasteiger partial charge in [-0.3, -0.25) is 14.6 Å². The molecule has 20 heavy (non-hydrogen) atoms. The number of carbonyl (C=O) groups excluding carboxylic acids is 1. The van der Waals surface area contributed by atoms with Gasteiger partial charge < -0.3 is 15.5 Å². The van der Waals surface area contributed by atoms with E-state index in [1.807, 2.05) is 0 Å². The molecule has 6 nitrogen and oxygen atoms in total. The first-order valence-corrected chi connectivity index (χ1v) is 6.08. The number of aliphatic carboxylic acids is 1. The van der Waals surface area contributed by atoms with Crippen molar-refractivity contribution in [2.45, 2.75) is 19.8 Å². The van der Waals surface area contributed by atoms with Crippen molar-refractivity contribution < 1.29 is 19.8 Å². The van der Waals surface area contributed by atoms with Crippen molar-refractivity contribution in [2.75, 3.05) is 5.32 Å². The zero-order chi connectivity index (χ0) is 14.7. The highest BCUT2D eigenvalue weighted by Crippen LogP contribution is 2.34. The molecule has 1 aromatic heterocycles. The molecule has 104 valence electrons. The van der Waals surface area contributed by atoms with Crippen LogP contribution in [0.4, 0.5) is 5.69 Å². The highest BCUT2D eigenvalue weighted by atomic mass is 16.4. The Morgan fingerprint density at radius 2 is 2.15 bits per heavy atom. The van der Waals surface area contributed by atoms with Crippen molar-refractivity contribution in [3.8, 4) is 5.75 Å². The van der Waals surface area contributed by atoms with Crippen LogP contribution in [0.1, 0.15) is 18.9 Å². The molecule has 0 fully saturated rings. The number of aromatic nitrogens is 1. The molecular formula is C14H14N2O4. The molecule has 1 heterocycles. The molecule has 0 saturated carbocycles. The Bertz CT molecular complexity index is 682. The number of nitrogens with zero attached hydrogens (tertiary/aromatic N) is 1. The number of fused-ring (bicyclic) bond motifs is 1. The maximum absolute atomic E-state index is 11.1. The SMILES string of the molecule is CC(=O)Nc1cc(CCC(=O)O)c2cccnc2c1O. The van der Waals surface area contributed by atoms with E-state index in [2.05, 4.69) is 10.3 Å². The molecule has 0 unspecified atom stereocenters. The summed E-state index contributed by atoms with van der Waals surface area (Å²) in [6, 6.07) is 5.06. The van der Waals surface area contributed by atoms with Gasteiger partial charge in [-0.25, -0.2) is 0 Å². The number of benzene rings is 1. The third-order valence-electron chi connectivity index (χ3n) is 2.87. The maximum atomic E-state index is 11.1. The molecule has 0 aliphatic heterocycles. The molecule has 3 N–H and O–H groups in total. The largest absolute Gasteiger partial charge is 0.504 e. The van der Waals surface area contributed by atoms with E-state index >= 15 is 0 Å². The van der Waals surface area contributed by atoms with Gasteiger partial charge in [0, 0.05) is 24.9 Å². The van der Waals surface area contributed by atoms with Gasteiger partial charge >= 0.3 is 5.97 Å². The van der Waals surface area contributed by atoms with Crippen LogP contribution in [0.25, 0.3) is 10.9 Å². The van der Waals surface area contributed by atoms with Crippen LogP contribution in [0.3, 0.4) is 0 Å². The van der Waals surface area contributed by atoms with Gasteiger partial charge in [0.2, 0.25) is 5.91 Å². The monoisotopic (exact) mass is 274 g/mol. The Labute approximate surface area is 115 Å². The molecule has 0 aliphatic carbocycles. The average Bonchev–Trinajstić information content (AvgIpc) is 2.40. The predicted molar refractivity (Wildman–Crippen MR) is 73.7 cm³/mol. The summed E-state index contributed by atoms with van der Waals surface area (Å²) in [5.74, 6) is -1.34. The van der Waals surface area contributed by atoms with E-state index in [9.17, 15) is 14.7 Å². The van der Waals surface area contributed by atoms with Crippen molar-refractivity contribution in [3.63, 3.8) is 0 Å². The van der Waals surface area contributed by atoms with Crippen LogP contribution >= 0.6 is 0 Å². The molecule has 1 aromatic carbocycles. The standard InChI is InChI=1S/C14H14N2O4/c1-8(17)16-11-7-9(4-5-12(18)19)10-3-2-6-15-13(10)14(11)20/h2-3,6-7,20H,4-5H2,1H3,(H,16,17)(H,18,19). The van der Waals surface area contributed by atoms with Crippen LogP contribution in [0.2, 0.25) is 0 Å². The molecule has 0 atom stereocenters. The fourth-order valence-corrected chi connectivity index (χ4v) is 2.03. The third-order valence-corrected chi connectivity index (χ3v) is 2.87. The van der Waals surface area contributed by atoms with Gasteiger partial charge in [0.05, 0.1) is 5.69 Å². The van der Waals surface area contributed by atoms with Gasteiger partial charge in [0.15, 0.2) is 5.75 Å². The second-order valence-electron chi connectivity index (χ2n) is 4.41. The van der Waals surface area contributed by atoms with E-state index in [0.717, 1.165) is 5.56 Å². The van der Waals surface area contributed by atoms with Crippen molar-refractivity contribution in [1.29, 1.82) is 0 Å². The number of aromatic hydroxyl groups is 1. The molecule has 0 saturated heterocycles. The fraction of sp³-hybridized carbons (Fsp3) is 0.214. The molecular weight excluding hydrogens is 260 g/mol. The molecule has 1 amide bonds. The number of phenols is 1. The summed E-state index contributed by atoms with van der Waals surface area (Å²) in [4.78, 5) is 25.9. The molecule has 0 radical (unpaired) electrons. The summed E-state index contributed by atoms with van der Waals surface area (Å²) in [6.07, 6.45) is 1.79. The fourth-order valence-electron chi connectivity index (χ4n) is 2.03. The number of carbonyl (C=O) groups is 2.